The Hall–Kier alpha value is -2.15. The summed E-state index contributed by atoms with van der Waals surface area (Å²) in [6.07, 6.45) is -0.885. The Morgan fingerprint density at radius 3 is 2.35 bits per heavy atom. The molecule has 1 aliphatic rings. The number of morpholine rings is 1. The third-order valence-corrected chi connectivity index (χ3v) is 3.95. The van der Waals surface area contributed by atoms with Gasteiger partial charge in [0.2, 0.25) is 0 Å². The fraction of sp³-hybridized carbons (Fsp3) is 0.562. The lowest BCUT2D eigenvalue weighted by Crippen LogP contribution is -2.46. The normalized spacial score (nSPS) is 16.1. The maximum atomic E-state index is 12.3. The van der Waals surface area contributed by atoms with Crippen LogP contribution in [0.2, 0.25) is 0 Å². The number of hydrogen-bond acceptors (Lipinski definition) is 5. The minimum Gasteiger partial charge on any atom is -0.448 e. The highest BCUT2D eigenvalue weighted by Gasteiger charge is 2.28. The Morgan fingerprint density at radius 1 is 1.22 bits per heavy atom. The van der Waals surface area contributed by atoms with Crippen molar-refractivity contribution in [1.82, 2.24) is 9.88 Å². The van der Waals surface area contributed by atoms with E-state index in [0.29, 0.717) is 43.1 Å². The van der Waals surface area contributed by atoms with Crippen LogP contribution in [0.1, 0.15) is 46.0 Å². The van der Waals surface area contributed by atoms with E-state index in [4.69, 9.17) is 9.47 Å². The molecule has 1 aromatic heterocycles. The van der Waals surface area contributed by atoms with E-state index in [1.807, 2.05) is 0 Å². The molecular formula is C16H22N2O5. The average Bonchev–Trinajstić information content (AvgIpc) is 2.82. The maximum Gasteiger partial charge on any atom is 0.355 e. The summed E-state index contributed by atoms with van der Waals surface area (Å²) in [5, 5.41) is 0. The second kappa shape index (κ2) is 6.95. The molecule has 23 heavy (non-hydrogen) atoms. The molecule has 1 amide bonds. The smallest absolute Gasteiger partial charge is 0.355 e. The summed E-state index contributed by atoms with van der Waals surface area (Å²) in [5.74, 6) is -0.991. The lowest BCUT2D eigenvalue weighted by atomic mass is 10.1. The van der Waals surface area contributed by atoms with E-state index in [-0.39, 0.29) is 17.4 Å². The molecule has 1 atom stereocenters. The van der Waals surface area contributed by atoms with Crippen LogP contribution in [0.25, 0.3) is 0 Å². The Labute approximate surface area is 134 Å². The molecule has 1 fully saturated rings. The molecule has 0 aromatic carbocycles. The predicted octanol–water partition coefficient (Wildman–Crippen LogP) is 1.24. The van der Waals surface area contributed by atoms with E-state index >= 15 is 0 Å². The second-order valence-electron chi connectivity index (χ2n) is 5.67. The highest BCUT2D eigenvalue weighted by atomic mass is 16.5. The Balaban J connectivity index is 2.08. The minimum absolute atomic E-state index is 0.118. The number of aromatic amines is 1. The number of amides is 1. The van der Waals surface area contributed by atoms with E-state index in [1.54, 1.807) is 25.7 Å². The highest BCUT2D eigenvalue weighted by molar-refractivity contribution is 6.01. The minimum atomic E-state index is -0.885. The van der Waals surface area contributed by atoms with Crippen molar-refractivity contribution >= 4 is 17.7 Å². The van der Waals surface area contributed by atoms with Crippen molar-refractivity contribution < 1.29 is 23.9 Å². The van der Waals surface area contributed by atoms with Crippen LogP contribution >= 0.6 is 0 Å². The summed E-state index contributed by atoms with van der Waals surface area (Å²) in [7, 11) is 0. The third-order valence-electron chi connectivity index (χ3n) is 3.95. The van der Waals surface area contributed by atoms with Gasteiger partial charge in [-0.15, -0.1) is 0 Å². The summed E-state index contributed by atoms with van der Waals surface area (Å²) in [6.45, 7) is 8.38. The number of carbonyl (C=O) groups is 3. The molecular weight excluding hydrogens is 300 g/mol. The Kier molecular flexibility index (Phi) is 5.20. The first-order valence-corrected chi connectivity index (χ1v) is 7.60. The maximum absolute atomic E-state index is 12.3. The van der Waals surface area contributed by atoms with Gasteiger partial charge in [-0.05, 0) is 33.3 Å². The van der Waals surface area contributed by atoms with Crippen LogP contribution in [0.3, 0.4) is 0 Å². The van der Waals surface area contributed by atoms with E-state index in [1.165, 1.54) is 6.92 Å². The number of ether oxygens (including phenoxy) is 2. The summed E-state index contributed by atoms with van der Waals surface area (Å²) in [4.78, 5) is 40.7. The third kappa shape index (κ3) is 3.61. The second-order valence-corrected chi connectivity index (χ2v) is 5.67. The summed E-state index contributed by atoms with van der Waals surface area (Å²) >= 11 is 0. The monoisotopic (exact) mass is 322 g/mol. The molecule has 0 aliphatic carbocycles. The standard InChI is InChI=1S/C16H22N2O5/c1-9-13(11(3)19)10(2)17-14(9)16(21)23-12(4)15(20)18-5-7-22-8-6-18/h12,17H,5-8H2,1-4H3. The van der Waals surface area contributed by atoms with Gasteiger partial charge in [0.05, 0.1) is 13.2 Å². The molecule has 0 spiro atoms. The van der Waals surface area contributed by atoms with Crippen molar-refractivity contribution in [3.8, 4) is 0 Å². The number of nitrogens with zero attached hydrogens (tertiary/aromatic N) is 1. The summed E-state index contributed by atoms with van der Waals surface area (Å²) < 4.78 is 10.5. The van der Waals surface area contributed by atoms with E-state index in [0.717, 1.165) is 0 Å². The lowest BCUT2D eigenvalue weighted by Gasteiger charge is -2.28. The number of carbonyl (C=O) groups excluding carboxylic acids is 3. The van der Waals surface area contributed by atoms with E-state index < -0.39 is 12.1 Å². The van der Waals surface area contributed by atoms with Crippen LogP contribution in [0.5, 0.6) is 0 Å². The number of aromatic nitrogens is 1. The number of ketones is 1. The molecule has 126 valence electrons. The fourth-order valence-electron chi connectivity index (χ4n) is 2.79. The van der Waals surface area contributed by atoms with Crippen LogP contribution in [0.15, 0.2) is 0 Å². The van der Waals surface area contributed by atoms with Gasteiger partial charge in [-0.2, -0.15) is 0 Å². The molecule has 0 radical (unpaired) electrons. The van der Waals surface area contributed by atoms with Gasteiger partial charge >= 0.3 is 5.97 Å². The van der Waals surface area contributed by atoms with Gasteiger partial charge < -0.3 is 19.4 Å². The molecule has 7 heteroatoms. The quantitative estimate of drug-likeness (QED) is 0.665. The van der Waals surface area contributed by atoms with Crippen LogP contribution in [0.4, 0.5) is 0 Å². The van der Waals surface area contributed by atoms with Gasteiger partial charge in [0.15, 0.2) is 11.9 Å². The number of hydrogen-bond donors (Lipinski definition) is 1. The fourth-order valence-corrected chi connectivity index (χ4v) is 2.79. The SMILES string of the molecule is CC(=O)c1c(C)[nH]c(C(=O)OC(C)C(=O)N2CCOCC2)c1C. The summed E-state index contributed by atoms with van der Waals surface area (Å²) in [5.41, 5.74) is 1.87. The van der Waals surface area contributed by atoms with Gasteiger partial charge in [0.1, 0.15) is 5.69 Å². The highest BCUT2D eigenvalue weighted by Crippen LogP contribution is 2.20. The Bertz CT molecular complexity index is 629. The van der Waals surface area contributed by atoms with E-state index in [9.17, 15) is 14.4 Å². The number of esters is 1. The molecule has 2 rings (SSSR count). The van der Waals surface area contributed by atoms with Crippen LogP contribution in [0, 0.1) is 13.8 Å². The molecule has 1 N–H and O–H groups in total. The zero-order valence-corrected chi connectivity index (χ0v) is 13.9. The largest absolute Gasteiger partial charge is 0.448 e. The number of rotatable bonds is 4. The van der Waals surface area contributed by atoms with Gasteiger partial charge in [-0.1, -0.05) is 0 Å². The van der Waals surface area contributed by atoms with Crippen LogP contribution in [-0.4, -0.2) is 60.0 Å². The molecule has 1 saturated heterocycles. The van der Waals surface area contributed by atoms with Gasteiger partial charge in [0.25, 0.3) is 5.91 Å². The summed E-state index contributed by atoms with van der Waals surface area (Å²) in [6, 6.07) is 0. The average molecular weight is 322 g/mol. The van der Waals surface area contributed by atoms with Crippen molar-refractivity contribution in [1.29, 1.82) is 0 Å². The number of aryl methyl sites for hydroxylation is 1. The van der Waals surface area contributed by atoms with Crippen molar-refractivity contribution in [2.75, 3.05) is 26.3 Å². The van der Waals surface area contributed by atoms with Crippen LogP contribution < -0.4 is 0 Å². The molecule has 2 heterocycles. The van der Waals surface area contributed by atoms with Gasteiger partial charge in [-0.3, -0.25) is 9.59 Å². The lowest BCUT2D eigenvalue weighted by molar-refractivity contribution is -0.143. The molecule has 0 saturated carbocycles. The number of nitrogens with one attached hydrogen (secondary N) is 1. The zero-order valence-electron chi connectivity index (χ0n) is 13.9. The van der Waals surface area contributed by atoms with Crippen molar-refractivity contribution in [3.05, 3.63) is 22.5 Å². The van der Waals surface area contributed by atoms with Crippen molar-refractivity contribution in [2.45, 2.75) is 33.8 Å². The predicted molar refractivity (Wildman–Crippen MR) is 82.5 cm³/mol. The number of H-pyrrole nitrogens is 1. The molecule has 1 unspecified atom stereocenters. The number of Topliss-reactive ketones (excluding diaryl/α,β-unsaturated/α-hetero) is 1. The molecule has 0 bridgehead atoms. The first-order valence-electron chi connectivity index (χ1n) is 7.60. The van der Waals surface area contributed by atoms with Crippen molar-refractivity contribution in [3.63, 3.8) is 0 Å². The first-order chi connectivity index (χ1) is 10.8. The molecule has 1 aromatic rings. The molecule has 7 nitrogen and oxygen atoms in total. The first kappa shape index (κ1) is 17.2. The van der Waals surface area contributed by atoms with Gasteiger partial charge in [0, 0.05) is 24.3 Å². The zero-order chi connectivity index (χ0) is 17.1. The molecule has 1 aliphatic heterocycles. The van der Waals surface area contributed by atoms with Gasteiger partial charge in [-0.25, -0.2) is 4.79 Å². The topological polar surface area (TPSA) is 88.7 Å². The van der Waals surface area contributed by atoms with Crippen LogP contribution in [-0.2, 0) is 14.3 Å². The Morgan fingerprint density at radius 2 is 1.83 bits per heavy atom. The van der Waals surface area contributed by atoms with Crippen molar-refractivity contribution in [2.24, 2.45) is 0 Å². The van der Waals surface area contributed by atoms with E-state index in [2.05, 4.69) is 4.98 Å².